The van der Waals surface area contributed by atoms with Crippen LogP contribution >= 0.6 is 0 Å². The van der Waals surface area contributed by atoms with Crippen molar-refractivity contribution in [1.82, 2.24) is 9.78 Å². The highest BCUT2D eigenvalue weighted by molar-refractivity contribution is 5.61. The minimum absolute atomic E-state index is 0.0246. The van der Waals surface area contributed by atoms with Crippen LogP contribution in [0, 0.1) is 10.1 Å². The Balaban J connectivity index is 2.48. The molecule has 1 aromatic carbocycles. The number of aromatic nitrogens is 2. The van der Waals surface area contributed by atoms with Gasteiger partial charge in [-0.05, 0) is 12.1 Å². The van der Waals surface area contributed by atoms with Crippen molar-refractivity contribution in [1.29, 1.82) is 0 Å². The van der Waals surface area contributed by atoms with Crippen LogP contribution in [0.5, 0.6) is 0 Å². The lowest BCUT2D eigenvalue weighted by molar-refractivity contribution is -0.384. The molecule has 0 saturated carbocycles. The summed E-state index contributed by atoms with van der Waals surface area (Å²) < 4.78 is 1.55. The summed E-state index contributed by atoms with van der Waals surface area (Å²) in [6.45, 7) is 0. The predicted molar refractivity (Wildman–Crippen MR) is 54.6 cm³/mol. The van der Waals surface area contributed by atoms with Gasteiger partial charge in [-0.3, -0.25) is 10.1 Å². The molecule has 2 rings (SSSR count). The average Bonchev–Trinajstić information content (AvgIpc) is 2.70. The maximum atomic E-state index is 10.5. The second-order valence-electron chi connectivity index (χ2n) is 2.95. The van der Waals surface area contributed by atoms with E-state index in [0.717, 1.165) is 0 Å². The van der Waals surface area contributed by atoms with Gasteiger partial charge in [0.15, 0.2) is 0 Å². The normalized spacial score (nSPS) is 10.1. The molecule has 15 heavy (non-hydrogen) atoms. The quantitative estimate of drug-likeness (QED) is 0.454. The Kier molecular flexibility index (Phi) is 2.09. The first-order valence-corrected chi connectivity index (χ1v) is 4.22. The maximum Gasteiger partial charge on any atom is 0.271 e. The molecule has 1 heterocycles. The summed E-state index contributed by atoms with van der Waals surface area (Å²) in [6.07, 6.45) is 3.33. The molecule has 0 atom stereocenters. The number of hydrogen-bond donors (Lipinski definition) is 1. The zero-order valence-corrected chi connectivity index (χ0v) is 7.70. The predicted octanol–water partition coefficient (Wildman–Crippen LogP) is 1.36. The minimum Gasteiger partial charge on any atom is -0.397 e. The first-order chi connectivity index (χ1) is 7.18. The summed E-state index contributed by atoms with van der Waals surface area (Å²) in [6, 6.07) is 6.03. The van der Waals surface area contributed by atoms with Crippen molar-refractivity contribution in [3.05, 3.63) is 46.8 Å². The second-order valence-corrected chi connectivity index (χ2v) is 2.95. The van der Waals surface area contributed by atoms with Crippen LogP contribution < -0.4 is 5.73 Å². The average molecular weight is 204 g/mol. The first kappa shape index (κ1) is 9.20. The van der Waals surface area contributed by atoms with Crippen molar-refractivity contribution in [2.24, 2.45) is 0 Å². The van der Waals surface area contributed by atoms with E-state index in [0.29, 0.717) is 11.4 Å². The highest BCUT2D eigenvalue weighted by atomic mass is 16.6. The lowest BCUT2D eigenvalue weighted by Gasteiger charge is -2.04. The van der Waals surface area contributed by atoms with E-state index in [4.69, 9.17) is 5.73 Å². The first-order valence-electron chi connectivity index (χ1n) is 4.22. The third kappa shape index (κ3) is 1.64. The Bertz CT molecular complexity index is 493. The lowest BCUT2D eigenvalue weighted by Crippen LogP contribution is -2.01. The number of nitrogen functional groups attached to an aromatic ring is 1. The van der Waals surface area contributed by atoms with Gasteiger partial charge < -0.3 is 5.73 Å². The van der Waals surface area contributed by atoms with Gasteiger partial charge in [-0.25, -0.2) is 4.68 Å². The summed E-state index contributed by atoms with van der Waals surface area (Å²) in [5.41, 5.74) is 6.62. The molecule has 6 nitrogen and oxygen atoms in total. The monoisotopic (exact) mass is 204 g/mol. The van der Waals surface area contributed by atoms with Crippen LogP contribution in [0.25, 0.3) is 5.69 Å². The van der Waals surface area contributed by atoms with E-state index in [2.05, 4.69) is 5.10 Å². The number of nitrogens with zero attached hydrogens (tertiary/aromatic N) is 3. The highest BCUT2D eigenvalue weighted by Crippen LogP contribution is 2.22. The molecular formula is C9H8N4O2. The van der Waals surface area contributed by atoms with Crippen LogP contribution in [-0.4, -0.2) is 14.7 Å². The zero-order valence-electron chi connectivity index (χ0n) is 7.70. The van der Waals surface area contributed by atoms with Crippen molar-refractivity contribution in [2.75, 3.05) is 5.73 Å². The highest BCUT2D eigenvalue weighted by Gasteiger charge is 2.09. The number of benzene rings is 1. The molecule has 0 unspecified atom stereocenters. The fourth-order valence-corrected chi connectivity index (χ4v) is 1.28. The number of anilines is 1. The molecule has 0 fully saturated rings. The summed E-state index contributed by atoms with van der Waals surface area (Å²) in [4.78, 5) is 10.00. The van der Waals surface area contributed by atoms with Gasteiger partial charge in [0, 0.05) is 24.5 Å². The van der Waals surface area contributed by atoms with Crippen LogP contribution in [-0.2, 0) is 0 Å². The molecule has 0 saturated heterocycles. The molecule has 1 aromatic heterocycles. The molecule has 0 aliphatic rings. The van der Waals surface area contributed by atoms with Crippen LogP contribution in [0.1, 0.15) is 0 Å². The molecule has 0 bridgehead atoms. The summed E-state index contributed by atoms with van der Waals surface area (Å²) >= 11 is 0. The molecule has 2 N–H and O–H groups in total. The fraction of sp³-hybridized carbons (Fsp3) is 0. The third-order valence-corrected chi connectivity index (χ3v) is 1.97. The van der Waals surface area contributed by atoms with Gasteiger partial charge in [0.25, 0.3) is 5.69 Å². The van der Waals surface area contributed by atoms with Crippen molar-refractivity contribution < 1.29 is 4.92 Å². The van der Waals surface area contributed by atoms with Gasteiger partial charge in [0.05, 0.1) is 16.3 Å². The van der Waals surface area contributed by atoms with Gasteiger partial charge in [0.2, 0.25) is 0 Å². The minimum atomic E-state index is -0.483. The summed E-state index contributed by atoms with van der Waals surface area (Å²) in [5, 5.41) is 14.5. The molecule has 0 spiro atoms. The van der Waals surface area contributed by atoms with Crippen molar-refractivity contribution in [2.45, 2.75) is 0 Å². The summed E-state index contributed by atoms with van der Waals surface area (Å²) in [5.74, 6) is 0. The Morgan fingerprint density at radius 1 is 1.47 bits per heavy atom. The van der Waals surface area contributed by atoms with Gasteiger partial charge in [0.1, 0.15) is 0 Å². The van der Waals surface area contributed by atoms with Crippen LogP contribution in [0.2, 0.25) is 0 Å². The largest absolute Gasteiger partial charge is 0.397 e. The standard InChI is InChI=1S/C9H8N4O2/c10-8-6-7(13(14)15)2-3-9(8)12-5-1-4-11-12/h1-6H,10H2. The van der Waals surface area contributed by atoms with Crippen LogP contribution in [0.15, 0.2) is 36.7 Å². The Labute approximate surface area is 85.1 Å². The Morgan fingerprint density at radius 2 is 2.27 bits per heavy atom. The molecule has 0 aliphatic heterocycles. The number of rotatable bonds is 2. The number of non-ortho nitro benzene ring substituents is 1. The maximum absolute atomic E-state index is 10.5. The number of nitro groups is 1. The van der Waals surface area contributed by atoms with Gasteiger partial charge in [-0.15, -0.1) is 0 Å². The number of hydrogen-bond acceptors (Lipinski definition) is 4. The Morgan fingerprint density at radius 3 is 2.80 bits per heavy atom. The van der Waals surface area contributed by atoms with Crippen molar-refractivity contribution >= 4 is 11.4 Å². The molecule has 0 aliphatic carbocycles. The van der Waals surface area contributed by atoms with Gasteiger partial charge >= 0.3 is 0 Å². The van der Waals surface area contributed by atoms with Crippen molar-refractivity contribution in [3.63, 3.8) is 0 Å². The van der Waals surface area contributed by atoms with Gasteiger partial charge in [-0.1, -0.05) is 0 Å². The van der Waals surface area contributed by atoms with E-state index in [-0.39, 0.29) is 5.69 Å². The number of nitrogens with two attached hydrogens (primary N) is 1. The topological polar surface area (TPSA) is 87.0 Å². The second kappa shape index (κ2) is 3.41. The SMILES string of the molecule is Nc1cc([N+](=O)[O-])ccc1-n1cccn1. The van der Waals surface area contributed by atoms with Crippen LogP contribution in [0.4, 0.5) is 11.4 Å². The number of nitro benzene ring substituents is 1. The zero-order chi connectivity index (χ0) is 10.8. The molecule has 76 valence electrons. The van der Waals surface area contributed by atoms with E-state index >= 15 is 0 Å². The molecule has 6 heteroatoms. The summed E-state index contributed by atoms with van der Waals surface area (Å²) in [7, 11) is 0. The fourth-order valence-electron chi connectivity index (χ4n) is 1.28. The smallest absolute Gasteiger partial charge is 0.271 e. The van der Waals surface area contributed by atoms with E-state index in [1.807, 2.05) is 0 Å². The van der Waals surface area contributed by atoms with Gasteiger partial charge in [-0.2, -0.15) is 5.10 Å². The lowest BCUT2D eigenvalue weighted by atomic mass is 10.2. The molecule has 0 amide bonds. The van der Waals surface area contributed by atoms with E-state index in [1.165, 1.54) is 12.1 Å². The third-order valence-electron chi connectivity index (χ3n) is 1.97. The molecular weight excluding hydrogens is 196 g/mol. The van der Waals surface area contributed by atoms with E-state index in [9.17, 15) is 10.1 Å². The van der Waals surface area contributed by atoms with Crippen LogP contribution in [0.3, 0.4) is 0 Å². The van der Waals surface area contributed by atoms with E-state index < -0.39 is 4.92 Å². The molecule has 2 aromatic rings. The van der Waals surface area contributed by atoms with Crippen molar-refractivity contribution in [3.8, 4) is 5.69 Å². The molecule has 0 radical (unpaired) electrons. The van der Waals surface area contributed by atoms with E-state index in [1.54, 1.807) is 29.2 Å². The Hall–Kier alpha value is -2.37.